The van der Waals surface area contributed by atoms with Gasteiger partial charge in [0.1, 0.15) is 0 Å². The molecule has 3 N–H and O–H groups in total. The molecule has 0 unspecified atom stereocenters. The first-order valence-corrected chi connectivity index (χ1v) is 9.37. The van der Waals surface area contributed by atoms with E-state index in [-0.39, 0.29) is 5.91 Å². The van der Waals surface area contributed by atoms with Crippen LogP contribution in [-0.4, -0.2) is 32.0 Å². The van der Waals surface area contributed by atoms with Gasteiger partial charge in [-0.3, -0.25) is 9.79 Å². The number of nitrogens with one attached hydrogen (secondary N) is 3. The van der Waals surface area contributed by atoms with E-state index in [4.69, 9.17) is 0 Å². The Balaban J connectivity index is 1.62. The third-order valence-corrected chi connectivity index (χ3v) is 4.62. The predicted molar refractivity (Wildman–Crippen MR) is 104 cm³/mol. The number of rotatable bonds is 7. The summed E-state index contributed by atoms with van der Waals surface area (Å²) in [5.74, 6) is 0.707. The van der Waals surface area contributed by atoms with Crippen molar-refractivity contribution in [2.24, 2.45) is 4.99 Å². The van der Waals surface area contributed by atoms with Crippen LogP contribution in [0.2, 0.25) is 0 Å². The molecule has 1 aromatic carbocycles. The number of thiophene rings is 1. The van der Waals surface area contributed by atoms with E-state index in [2.05, 4.69) is 48.3 Å². The van der Waals surface area contributed by atoms with E-state index < -0.39 is 0 Å². The number of hydrogen-bond donors (Lipinski definition) is 3. The molecule has 0 saturated heterocycles. The lowest BCUT2D eigenvalue weighted by Gasteiger charge is -2.11. The lowest BCUT2D eigenvalue weighted by Crippen LogP contribution is -2.38. The molecule has 7 heteroatoms. The van der Waals surface area contributed by atoms with Gasteiger partial charge in [-0.15, -0.1) is 11.3 Å². The summed E-state index contributed by atoms with van der Waals surface area (Å²) in [6, 6.07) is 11.5. The molecule has 0 aliphatic heterocycles. The van der Waals surface area contributed by atoms with Crippen molar-refractivity contribution < 1.29 is 4.79 Å². The zero-order valence-electron chi connectivity index (χ0n) is 13.5. The second-order valence-electron chi connectivity index (χ2n) is 5.05. The number of carbonyl (C=O) groups is 1. The number of amides is 1. The van der Waals surface area contributed by atoms with Gasteiger partial charge in [0.25, 0.3) is 5.91 Å². The summed E-state index contributed by atoms with van der Waals surface area (Å²) in [4.78, 5) is 17.4. The van der Waals surface area contributed by atoms with Crippen molar-refractivity contribution in [3.05, 3.63) is 56.7 Å². The van der Waals surface area contributed by atoms with E-state index in [1.165, 1.54) is 4.88 Å². The lowest BCUT2D eigenvalue weighted by atomic mass is 10.2. The molecule has 24 heavy (non-hydrogen) atoms. The number of carbonyl (C=O) groups excluding carboxylic acids is 1. The van der Waals surface area contributed by atoms with Crippen molar-refractivity contribution in [2.45, 2.75) is 13.0 Å². The predicted octanol–water partition coefficient (Wildman–Crippen LogP) is 3.00. The molecule has 0 spiro atoms. The van der Waals surface area contributed by atoms with Crippen LogP contribution in [0.1, 0.15) is 21.7 Å². The number of halogens is 1. The maximum atomic E-state index is 12.0. The Kier molecular flexibility index (Phi) is 7.77. The van der Waals surface area contributed by atoms with E-state index in [9.17, 15) is 4.79 Å². The van der Waals surface area contributed by atoms with Crippen molar-refractivity contribution in [1.82, 2.24) is 16.0 Å². The normalized spacial score (nSPS) is 11.2. The quantitative estimate of drug-likeness (QED) is 0.374. The lowest BCUT2D eigenvalue weighted by molar-refractivity contribution is 0.0953. The number of nitrogens with zero attached hydrogens (tertiary/aromatic N) is 1. The largest absolute Gasteiger partial charge is 0.356 e. The van der Waals surface area contributed by atoms with Crippen LogP contribution >= 0.6 is 27.3 Å². The fourth-order valence-corrected chi connectivity index (χ4v) is 3.08. The van der Waals surface area contributed by atoms with Crippen molar-refractivity contribution in [3.8, 4) is 0 Å². The van der Waals surface area contributed by atoms with Gasteiger partial charge >= 0.3 is 0 Å². The molecule has 128 valence electrons. The number of guanidine groups is 1. The minimum atomic E-state index is -0.0588. The van der Waals surface area contributed by atoms with Gasteiger partial charge in [0, 0.05) is 35.1 Å². The Morgan fingerprint density at radius 3 is 2.71 bits per heavy atom. The molecule has 1 amide bonds. The Morgan fingerprint density at radius 2 is 2.00 bits per heavy atom. The summed E-state index contributed by atoms with van der Waals surface area (Å²) in [5.41, 5.74) is 0.658. The molecule has 0 bridgehead atoms. The molecule has 5 nitrogen and oxygen atoms in total. The average molecular weight is 409 g/mol. The third kappa shape index (κ3) is 6.33. The molecule has 0 fully saturated rings. The molecular formula is C17H21BrN4OS. The van der Waals surface area contributed by atoms with Crippen LogP contribution < -0.4 is 16.0 Å². The first-order chi connectivity index (χ1) is 11.7. The Bertz CT molecular complexity index is 673. The van der Waals surface area contributed by atoms with Gasteiger partial charge in [-0.25, -0.2) is 0 Å². The Hall–Kier alpha value is -1.86. The van der Waals surface area contributed by atoms with Crippen LogP contribution in [0.3, 0.4) is 0 Å². The summed E-state index contributed by atoms with van der Waals surface area (Å²) in [7, 11) is 1.75. The van der Waals surface area contributed by atoms with Gasteiger partial charge in [-0.1, -0.05) is 28.1 Å². The SMILES string of the molecule is CN=C(NCCCNC(=O)c1cccc(Br)c1)NCc1cccs1. The van der Waals surface area contributed by atoms with Crippen LogP contribution in [0.4, 0.5) is 0 Å². The maximum Gasteiger partial charge on any atom is 0.251 e. The molecule has 1 heterocycles. The standard InChI is InChI=1S/C17H21BrN4OS/c1-19-17(22-12-15-7-3-10-24-15)21-9-4-8-20-16(23)13-5-2-6-14(18)11-13/h2-3,5-7,10-11H,4,8-9,12H2,1H3,(H,20,23)(H2,19,21,22). The van der Waals surface area contributed by atoms with E-state index >= 15 is 0 Å². The van der Waals surface area contributed by atoms with Gasteiger partial charge in [0.05, 0.1) is 6.54 Å². The zero-order chi connectivity index (χ0) is 17.2. The zero-order valence-corrected chi connectivity index (χ0v) is 15.9. The highest BCUT2D eigenvalue weighted by molar-refractivity contribution is 9.10. The number of aliphatic imine (C=N–C) groups is 1. The second-order valence-corrected chi connectivity index (χ2v) is 7.00. The van der Waals surface area contributed by atoms with Gasteiger partial charge in [-0.2, -0.15) is 0 Å². The van der Waals surface area contributed by atoms with Crippen LogP contribution in [-0.2, 0) is 6.54 Å². The highest BCUT2D eigenvalue weighted by atomic mass is 79.9. The average Bonchev–Trinajstić information content (AvgIpc) is 3.10. The van der Waals surface area contributed by atoms with Crippen molar-refractivity contribution in [2.75, 3.05) is 20.1 Å². The van der Waals surface area contributed by atoms with Gasteiger partial charge in [-0.05, 0) is 36.1 Å². The maximum absolute atomic E-state index is 12.0. The molecule has 0 radical (unpaired) electrons. The van der Waals surface area contributed by atoms with E-state index in [1.807, 2.05) is 24.3 Å². The Morgan fingerprint density at radius 1 is 1.17 bits per heavy atom. The summed E-state index contributed by atoms with van der Waals surface area (Å²) in [5, 5.41) is 11.5. The molecule has 0 atom stereocenters. The molecule has 1 aromatic heterocycles. The van der Waals surface area contributed by atoms with E-state index in [0.29, 0.717) is 12.1 Å². The van der Waals surface area contributed by atoms with Crippen molar-refractivity contribution in [3.63, 3.8) is 0 Å². The summed E-state index contributed by atoms with van der Waals surface area (Å²) < 4.78 is 0.900. The van der Waals surface area contributed by atoms with Crippen LogP contribution in [0, 0.1) is 0 Å². The van der Waals surface area contributed by atoms with Gasteiger partial charge in [0.15, 0.2) is 5.96 Å². The Labute approximate surface area is 154 Å². The van der Waals surface area contributed by atoms with Gasteiger partial charge < -0.3 is 16.0 Å². The van der Waals surface area contributed by atoms with Crippen LogP contribution in [0.25, 0.3) is 0 Å². The van der Waals surface area contributed by atoms with Crippen LogP contribution in [0.5, 0.6) is 0 Å². The number of hydrogen-bond acceptors (Lipinski definition) is 3. The molecule has 2 aromatic rings. The molecule has 0 saturated carbocycles. The first-order valence-electron chi connectivity index (χ1n) is 7.69. The second kappa shape index (κ2) is 10.1. The third-order valence-electron chi connectivity index (χ3n) is 3.25. The van der Waals surface area contributed by atoms with Crippen molar-refractivity contribution in [1.29, 1.82) is 0 Å². The summed E-state index contributed by atoms with van der Waals surface area (Å²) in [6.45, 7) is 2.11. The summed E-state index contributed by atoms with van der Waals surface area (Å²) >= 11 is 5.08. The van der Waals surface area contributed by atoms with E-state index in [0.717, 1.165) is 29.9 Å². The van der Waals surface area contributed by atoms with Crippen molar-refractivity contribution >= 4 is 39.1 Å². The molecular weight excluding hydrogens is 388 g/mol. The smallest absolute Gasteiger partial charge is 0.251 e. The van der Waals surface area contributed by atoms with E-state index in [1.54, 1.807) is 24.5 Å². The highest BCUT2D eigenvalue weighted by Crippen LogP contribution is 2.11. The minimum absolute atomic E-state index is 0.0588. The molecule has 0 aliphatic rings. The number of benzene rings is 1. The summed E-state index contributed by atoms with van der Waals surface area (Å²) in [6.07, 6.45) is 0.819. The monoisotopic (exact) mass is 408 g/mol. The minimum Gasteiger partial charge on any atom is -0.356 e. The fraction of sp³-hybridized carbons (Fsp3) is 0.294. The highest BCUT2D eigenvalue weighted by Gasteiger charge is 2.04. The fourth-order valence-electron chi connectivity index (χ4n) is 2.03. The topological polar surface area (TPSA) is 65.5 Å². The first kappa shape index (κ1) is 18.5. The molecule has 0 aliphatic carbocycles. The molecule has 2 rings (SSSR count). The van der Waals surface area contributed by atoms with Gasteiger partial charge in [0.2, 0.25) is 0 Å². The van der Waals surface area contributed by atoms with Crippen LogP contribution in [0.15, 0.2) is 51.2 Å².